The van der Waals surface area contributed by atoms with Crippen LogP contribution in [0, 0.1) is 5.82 Å². The van der Waals surface area contributed by atoms with Crippen LogP contribution in [0.5, 0.6) is 5.75 Å². The van der Waals surface area contributed by atoms with E-state index in [4.69, 9.17) is 4.74 Å². The third kappa shape index (κ3) is 5.39. The molecule has 0 unspecified atom stereocenters. The van der Waals surface area contributed by atoms with E-state index in [0.29, 0.717) is 18.6 Å². The third-order valence-corrected chi connectivity index (χ3v) is 3.92. The molecule has 0 saturated heterocycles. The normalized spacial score (nSPS) is 16.9. The number of carbonyl (C=O) groups excluding carboxylic acids is 1. The molecule has 1 fully saturated rings. The van der Waals surface area contributed by atoms with Gasteiger partial charge in [-0.2, -0.15) is 0 Å². The van der Waals surface area contributed by atoms with Gasteiger partial charge in [-0.05, 0) is 38.8 Å². The Labute approximate surface area is 136 Å². The number of aliphatic hydroxyl groups is 1. The van der Waals surface area contributed by atoms with Crippen molar-refractivity contribution in [1.82, 2.24) is 5.32 Å². The summed E-state index contributed by atoms with van der Waals surface area (Å²) in [6.45, 7) is 3.88. The van der Waals surface area contributed by atoms with Crippen LogP contribution in [-0.2, 0) is 0 Å². The number of hydrogen-bond acceptors (Lipinski definition) is 3. The maximum atomic E-state index is 14.0. The third-order valence-electron chi connectivity index (χ3n) is 3.92. The van der Waals surface area contributed by atoms with Crippen molar-refractivity contribution in [2.45, 2.75) is 57.7 Å². The summed E-state index contributed by atoms with van der Waals surface area (Å²) in [5.41, 5.74) is -0.766. The lowest BCUT2D eigenvalue weighted by Crippen LogP contribution is -2.45. The van der Waals surface area contributed by atoms with Gasteiger partial charge in [0.25, 0.3) is 0 Å². The van der Waals surface area contributed by atoms with Gasteiger partial charge in [0.15, 0.2) is 0 Å². The maximum absolute atomic E-state index is 14.0. The molecule has 0 heterocycles. The molecular formula is C17H25FN2O3. The Hall–Kier alpha value is -1.82. The zero-order chi connectivity index (χ0) is 16.9. The summed E-state index contributed by atoms with van der Waals surface area (Å²) in [4.78, 5) is 11.9. The fourth-order valence-corrected chi connectivity index (χ4v) is 2.74. The van der Waals surface area contributed by atoms with Crippen LogP contribution in [-0.4, -0.2) is 29.4 Å². The second-order valence-corrected chi connectivity index (χ2v) is 6.40. The number of ether oxygens (including phenoxy) is 1. The molecular weight excluding hydrogens is 299 g/mol. The van der Waals surface area contributed by atoms with Crippen LogP contribution in [0.15, 0.2) is 18.2 Å². The first-order valence-electron chi connectivity index (χ1n) is 8.11. The molecule has 1 aliphatic carbocycles. The Balaban J connectivity index is 1.87. The molecule has 0 spiro atoms. The van der Waals surface area contributed by atoms with Gasteiger partial charge in [0, 0.05) is 12.6 Å². The zero-order valence-electron chi connectivity index (χ0n) is 13.7. The van der Waals surface area contributed by atoms with Crippen LogP contribution in [0.25, 0.3) is 0 Å². The first kappa shape index (κ1) is 17.5. The SMILES string of the molecule is CC(C)Oc1ccc(NC(=O)NCC2(O)CCCCC2)c(F)c1. The Kier molecular flexibility index (Phi) is 5.82. The van der Waals surface area contributed by atoms with Gasteiger partial charge in [-0.3, -0.25) is 0 Å². The van der Waals surface area contributed by atoms with E-state index in [1.165, 1.54) is 12.1 Å². The van der Waals surface area contributed by atoms with E-state index in [9.17, 15) is 14.3 Å². The van der Waals surface area contributed by atoms with E-state index in [1.54, 1.807) is 6.07 Å². The van der Waals surface area contributed by atoms with Crippen molar-refractivity contribution >= 4 is 11.7 Å². The summed E-state index contributed by atoms with van der Waals surface area (Å²) < 4.78 is 19.4. The van der Waals surface area contributed by atoms with Crippen molar-refractivity contribution in [2.24, 2.45) is 0 Å². The van der Waals surface area contributed by atoms with Gasteiger partial charge in [-0.1, -0.05) is 19.3 Å². The quantitative estimate of drug-likeness (QED) is 0.777. The molecule has 5 nitrogen and oxygen atoms in total. The van der Waals surface area contributed by atoms with Crippen molar-refractivity contribution in [3.63, 3.8) is 0 Å². The van der Waals surface area contributed by atoms with Crippen molar-refractivity contribution in [3.8, 4) is 5.75 Å². The van der Waals surface area contributed by atoms with Gasteiger partial charge >= 0.3 is 6.03 Å². The lowest BCUT2D eigenvalue weighted by atomic mass is 9.85. The van der Waals surface area contributed by atoms with Crippen molar-refractivity contribution in [3.05, 3.63) is 24.0 Å². The highest BCUT2D eigenvalue weighted by molar-refractivity contribution is 5.89. The van der Waals surface area contributed by atoms with E-state index in [2.05, 4.69) is 10.6 Å². The number of urea groups is 1. The van der Waals surface area contributed by atoms with Crippen LogP contribution >= 0.6 is 0 Å². The van der Waals surface area contributed by atoms with Gasteiger partial charge in [0.2, 0.25) is 0 Å². The van der Waals surface area contributed by atoms with Crippen LogP contribution in [0.3, 0.4) is 0 Å². The fourth-order valence-electron chi connectivity index (χ4n) is 2.74. The number of halogens is 1. The lowest BCUT2D eigenvalue weighted by molar-refractivity contribution is 0.00755. The van der Waals surface area contributed by atoms with Gasteiger partial charge < -0.3 is 20.5 Å². The maximum Gasteiger partial charge on any atom is 0.319 e. The average molecular weight is 324 g/mol. The average Bonchev–Trinajstić information content (AvgIpc) is 2.48. The summed E-state index contributed by atoms with van der Waals surface area (Å²) in [6, 6.07) is 3.78. The first-order chi connectivity index (χ1) is 10.9. The Morgan fingerprint density at radius 1 is 1.35 bits per heavy atom. The number of anilines is 1. The number of amides is 2. The van der Waals surface area contributed by atoms with Gasteiger partial charge in [0.1, 0.15) is 11.6 Å². The zero-order valence-corrected chi connectivity index (χ0v) is 13.7. The highest BCUT2D eigenvalue weighted by Gasteiger charge is 2.29. The lowest BCUT2D eigenvalue weighted by Gasteiger charge is -2.32. The Morgan fingerprint density at radius 2 is 2.04 bits per heavy atom. The number of nitrogens with one attached hydrogen (secondary N) is 2. The fraction of sp³-hybridized carbons (Fsp3) is 0.588. The molecule has 6 heteroatoms. The van der Waals surface area contributed by atoms with E-state index in [0.717, 1.165) is 19.3 Å². The molecule has 1 aliphatic rings. The molecule has 128 valence electrons. The molecule has 0 bridgehead atoms. The van der Waals surface area contributed by atoms with E-state index < -0.39 is 17.4 Å². The molecule has 3 N–H and O–H groups in total. The summed E-state index contributed by atoms with van der Waals surface area (Å²) in [5.74, 6) is -0.144. The van der Waals surface area contributed by atoms with E-state index in [-0.39, 0.29) is 18.3 Å². The van der Waals surface area contributed by atoms with Crippen LogP contribution < -0.4 is 15.4 Å². The van der Waals surface area contributed by atoms with Gasteiger partial charge in [-0.25, -0.2) is 9.18 Å². The molecule has 0 aliphatic heterocycles. The van der Waals surface area contributed by atoms with Gasteiger partial charge in [0.05, 0.1) is 17.4 Å². The molecule has 1 saturated carbocycles. The highest BCUT2D eigenvalue weighted by atomic mass is 19.1. The molecule has 2 rings (SSSR count). The summed E-state index contributed by atoms with van der Waals surface area (Å²) in [5, 5.41) is 15.4. The van der Waals surface area contributed by atoms with Crippen LogP contribution in [0.2, 0.25) is 0 Å². The molecule has 0 atom stereocenters. The minimum absolute atomic E-state index is 0.0484. The summed E-state index contributed by atoms with van der Waals surface area (Å²) >= 11 is 0. The van der Waals surface area contributed by atoms with E-state index in [1.807, 2.05) is 13.8 Å². The topological polar surface area (TPSA) is 70.6 Å². The highest BCUT2D eigenvalue weighted by Crippen LogP contribution is 2.27. The molecule has 2 amide bonds. The standard InChI is InChI=1S/C17H25FN2O3/c1-12(2)23-13-6-7-15(14(18)10-13)20-16(21)19-11-17(22)8-4-3-5-9-17/h6-7,10,12,22H,3-5,8-9,11H2,1-2H3,(H2,19,20,21). The molecule has 1 aromatic carbocycles. The first-order valence-corrected chi connectivity index (χ1v) is 8.11. The van der Waals surface area contributed by atoms with E-state index >= 15 is 0 Å². The van der Waals surface area contributed by atoms with Crippen LogP contribution in [0.1, 0.15) is 46.0 Å². The second-order valence-electron chi connectivity index (χ2n) is 6.40. The van der Waals surface area contributed by atoms with Crippen LogP contribution in [0.4, 0.5) is 14.9 Å². The number of carbonyl (C=O) groups is 1. The molecule has 0 radical (unpaired) electrons. The minimum Gasteiger partial charge on any atom is -0.491 e. The number of benzene rings is 1. The molecule has 0 aromatic heterocycles. The predicted molar refractivity (Wildman–Crippen MR) is 87.2 cm³/mol. The largest absolute Gasteiger partial charge is 0.491 e. The smallest absolute Gasteiger partial charge is 0.319 e. The second kappa shape index (κ2) is 7.64. The molecule has 23 heavy (non-hydrogen) atoms. The minimum atomic E-state index is -0.844. The summed E-state index contributed by atoms with van der Waals surface area (Å²) in [6.07, 6.45) is 4.36. The predicted octanol–water partition coefficient (Wildman–Crippen LogP) is 3.43. The van der Waals surface area contributed by atoms with Crippen molar-refractivity contribution in [1.29, 1.82) is 0 Å². The van der Waals surface area contributed by atoms with Crippen molar-refractivity contribution in [2.75, 3.05) is 11.9 Å². The summed E-state index contributed by atoms with van der Waals surface area (Å²) in [7, 11) is 0. The van der Waals surface area contributed by atoms with Crippen molar-refractivity contribution < 1.29 is 19.0 Å². The van der Waals surface area contributed by atoms with Gasteiger partial charge in [-0.15, -0.1) is 0 Å². The number of hydrogen-bond donors (Lipinski definition) is 3. The Morgan fingerprint density at radius 3 is 2.65 bits per heavy atom. The monoisotopic (exact) mass is 324 g/mol. The Bertz CT molecular complexity index is 543. The number of rotatable bonds is 5. The molecule has 1 aromatic rings.